The number of hydrogen-bond acceptors (Lipinski definition) is 3. The predicted molar refractivity (Wildman–Crippen MR) is 76.7 cm³/mol. The Labute approximate surface area is 120 Å². The Morgan fingerprint density at radius 1 is 1.05 bits per heavy atom. The monoisotopic (exact) mass is 295 g/mol. The van der Waals surface area contributed by atoms with E-state index in [-0.39, 0.29) is 18.1 Å². The van der Waals surface area contributed by atoms with Crippen molar-refractivity contribution in [3.8, 4) is 0 Å². The number of aliphatic hydroxyl groups is 1. The molecule has 1 saturated carbocycles. The molecule has 0 bridgehead atoms. The summed E-state index contributed by atoms with van der Waals surface area (Å²) in [5.74, 6) is 0.107. The summed E-state index contributed by atoms with van der Waals surface area (Å²) in [7, 11) is -3.43. The first-order chi connectivity index (χ1) is 9.60. The van der Waals surface area contributed by atoms with Crippen molar-refractivity contribution in [2.45, 2.75) is 49.1 Å². The predicted octanol–water partition coefficient (Wildman–Crippen LogP) is 2.00. The Hall–Kier alpha value is -0.910. The smallest absolute Gasteiger partial charge is 0.243 e. The lowest BCUT2D eigenvalue weighted by atomic mass is 9.78. The van der Waals surface area contributed by atoms with E-state index in [1.807, 2.05) is 6.07 Å². The summed E-state index contributed by atoms with van der Waals surface area (Å²) < 4.78 is 27.2. The molecule has 3 atom stereocenters. The molecule has 0 aromatic heterocycles. The molecule has 1 aromatic rings. The van der Waals surface area contributed by atoms with Crippen molar-refractivity contribution < 1.29 is 13.5 Å². The van der Waals surface area contributed by atoms with Crippen LogP contribution in [0.3, 0.4) is 0 Å². The Bertz CT molecular complexity index is 558. The van der Waals surface area contributed by atoms with Crippen LogP contribution in [0.25, 0.3) is 0 Å². The number of aliphatic hydroxyl groups excluding tert-OH is 1. The van der Waals surface area contributed by atoms with Gasteiger partial charge in [-0.2, -0.15) is 4.31 Å². The first-order valence-electron chi connectivity index (χ1n) is 7.35. The second-order valence-electron chi connectivity index (χ2n) is 5.80. The maximum Gasteiger partial charge on any atom is 0.243 e. The van der Waals surface area contributed by atoms with E-state index in [2.05, 4.69) is 0 Å². The van der Waals surface area contributed by atoms with Gasteiger partial charge in [0, 0.05) is 18.5 Å². The zero-order valence-electron chi connectivity index (χ0n) is 11.5. The molecule has 1 saturated heterocycles. The van der Waals surface area contributed by atoms with E-state index < -0.39 is 10.0 Å². The van der Waals surface area contributed by atoms with Gasteiger partial charge >= 0.3 is 0 Å². The fraction of sp³-hybridized carbons (Fsp3) is 0.600. The van der Waals surface area contributed by atoms with Crippen LogP contribution < -0.4 is 0 Å². The molecule has 20 heavy (non-hydrogen) atoms. The Balaban J connectivity index is 1.93. The van der Waals surface area contributed by atoms with E-state index in [9.17, 15) is 13.5 Å². The summed E-state index contributed by atoms with van der Waals surface area (Å²) >= 11 is 0. The third-order valence-corrected chi connectivity index (χ3v) is 6.58. The zero-order valence-corrected chi connectivity index (χ0v) is 12.3. The molecule has 0 unspecified atom stereocenters. The van der Waals surface area contributed by atoms with E-state index in [0.29, 0.717) is 17.9 Å². The van der Waals surface area contributed by atoms with E-state index in [4.69, 9.17) is 0 Å². The van der Waals surface area contributed by atoms with Crippen LogP contribution in [0.4, 0.5) is 0 Å². The van der Waals surface area contributed by atoms with Gasteiger partial charge in [-0.3, -0.25) is 0 Å². The quantitative estimate of drug-likeness (QED) is 0.908. The minimum atomic E-state index is -3.43. The fourth-order valence-electron chi connectivity index (χ4n) is 3.61. The van der Waals surface area contributed by atoms with Crippen molar-refractivity contribution in [1.29, 1.82) is 0 Å². The third kappa shape index (κ3) is 2.38. The van der Waals surface area contributed by atoms with Crippen LogP contribution in [0.2, 0.25) is 0 Å². The molecular formula is C15H21NO3S. The van der Waals surface area contributed by atoms with Crippen LogP contribution in [-0.4, -0.2) is 36.5 Å². The largest absolute Gasteiger partial charge is 0.393 e. The summed E-state index contributed by atoms with van der Waals surface area (Å²) in [6.45, 7) is 0.430. The maximum atomic E-state index is 12.8. The number of piperidine rings is 1. The van der Waals surface area contributed by atoms with Crippen LogP contribution in [0.1, 0.15) is 32.1 Å². The summed E-state index contributed by atoms with van der Waals surface area (Å²) in [5, 5.41) is 10.1. The summed E-state index contributed by atoms with van der Waals surface area (Å²) in [6.07, 6.45) is 4.15. The van der Waals surface area contributed by atoms with Gasteiger partial charge in [0.25, 0.3) is 0 Å². The number of sulfonamides is 1. The highest BCUT2D eigenvalue weighted by molar-refractivity contribution is 7.89. The number of nitrogens with zero attached hydrogens (tertiary/aromatic N) is 1. The molecule has 2 fully saturated rings. The van der Waals surface area contributed by atoms with Crippen molar-refractivity contribution in [1.82, 2.24) is 4.31 Å². The van der Waals surface area contributed by atoms with Gasteiger partial charge in [0.05, 0.1) is 11.0 Å². The highest BCUT2D eigenvalue weighted by Gasteiger charge is 2.43. The number of fused-ring (bicyclic) bond motifs is 1. The van der Waals surface area contributed by atoms with Crippen molar-refractivity contribution in [2.75, 3.05) is 6.54 Å². The van der Waals surface area contributed by atoms with Gasteiger partial charge in [-0.25, -0.2) is 8.42 Å². The number of hydrogen-bond donors (Lipinski definition) is 1. The maximum absolute atomic E-state index is 12.8. The lowest BCUT2D eigenvalue weighted by molar-refractivity contribution is -0.00299. The summed E-state index contributed by atoms with van der Waals surface area (Å²) in [6, 6.07) is 8.60. The number of rotatable bonds is 2. The van der Waals surface area contributed by atoms with Gasteiger partial charge in [-0.15, -0.1) is 0 Å². The van der Waals surface area contributed by atoms with Crippen molar-refractivity contribution in [3.05, 3.63) is 30.3 Å². The lowest BCUT2D eigenvalue weighted by Crippen LogP contribution is -2.54. The van der Waals surface area contributed by atoms with Crippen LogP contribution in [0, 0.1) is 5.92 Å². The number of benzene rings is 1. The first-order valence-corrected chi connectivity index (χ1v) is 8.79. The van der Waals surface area contributed by atoms with Gasteiger partial charge < -0.3 is 5.11 Å². The zero-order chi connectivity index (χ0) is 14.2. The first kappa shape index (κ1) is 14.0. The average molecular weight is 295 g/mol. The van der Waals surface area contributed by atoms with E-state index >= 15 is 0 Å². The van der Waals surface area contributed by atoms with Crippen LogP contribution in [0.15, 0.2) is 35.2 Å². The Morgan fingerprint density at radius 3 is 2.50 bits per heavy atom. The minimum Gasteiger partial charge on any atom is -0.393 e. The van der Waals surface area contributed by atoms with Crippen molar-refractivity contribution >= 4 is 10.0 Å². The Kier molecular flexibility index (Phi) is 3.84. The summed E-state index contributed by atoms with van der Waals surface area (Å²) in [4.78, 5) is 0.362. The van der Waals surface area contributed by atoms with Gasteiger partial charge in [0.15, 0.2) is 0 Å². The molecule has 2 aliphatic rings. The fourth-order valence-corrected chi connectivity index (χ4v) is 5.35. The minimum absolute atomic E-state index is 0.0299. The molecule has 1 aliphatic heterocycles. The van der Waals surface area contributed by atoms with E-state index in [1.54, 1.807) is 28.6 Å². The second-order valence-corrected chi connectivity index (χ2v) is 7.69. The van der Waals surface area contributed by atoms with Crippen LogP contribution in [-0.2, 0) is 10.0 Å². The van der Waals surface area contributed by atoms with Crippen LogP contribution in [0.5, 0.6) is 0 Å². The topological polar surface area (TPSA) is 57.6 Å². The molecule has 4 nitrogen and oxygen atoms in total. The molecule has 0 radical (unpaired) electrons. The highest BCUT2D eigenvalue weighted by Crippen LogP contribution is 2.38. The molecule has 110 valence electrons. The standard InChI is InChI=1S/C15H21NO3S/c17-15-10-11-16(14-9-5-4-8-13(14)15)20(18,19)12-6-2-1-3-7-12/h1-3,6-7,13-15,17H,4-5,8-11H2/t13-,14+,15+/m1/s1. The summed E-state index contributed by atoms with van der Waals surface area (Å²) in [5.41, 5.74) is 0. The molecule has 0 spiro atoms. The molecular weight excluding hydrogens is 274 g/mol. The van der Waals surface area contributed by atoms with Gasteiger partial charge in [-0.05, 0) is 31.4 Å². The van der Waals surface area contributed by atoms with E-state index in [1.165, 1.54) is 0 Å². The van der Waals surface area contributed by atoms with E-state index in [0.717, 1.165) is 25.7 Å². The highest BCUT2D eigenvalue weighted by atomic mass is 32.2. The SMILES string of the molecule is O=S(=O)(c1ccccc1)N1CC[C@H](O)[C@@H]2CCCC[C@@H]21. The molecule has 1 aromatic carbocycles. The Morgan fingerprint density at radius 2 is 1.75 bits per heavy atom. The molecule has 3 rings (SSSR count). The van der Waals surface area contributed by atoms with Crippen molar-refractivity contribution in [2.24, 2.45) is 5.92 Å². The molecule has 1 aliphatic carbocycles. The van der Waals surface area contributed by atoms with Crippen molar-refractivity contribution in [3.63, 3.8) is 0 Å². The second kappa shape index (κ2) is 5.47. The molecule has 1 heterocycles. The average Bonchev–Trinajstić information content (AvgIpc) is 2.48. The lowest BCUT2D eigenvalue weighted by Gasteiger charge is -2.45. The molecule has 5 heteroatoms. The van der Waals surface area contributed by atoms with Crippen LogP contribution >= 0.6 is 0 Å². The molecule has 0 amide bonds. The van der Waals surface area contributed by atoms with Gasteiger partial charge in [-0.1, -0.05) is 31.0 Å². The third-order valence-electron chi connectivity index (χ3n) is 4.64. The normalized spacial score (nSPS) is 31.8. The molecule has 1 N–H and O–H groups in total. The van der Waals surface area contributed by atoms with Gasteiger partial charge in [0.1, 0.15) is 0 Å². The van der Waals surface area contributed by atoms with Gasteiger partial charge in [0.2, 0.25) is 10.0 Å².